The van der Waals surface area contributed by atoms with Gasteiger partial charge in [-0.1, -0.05) is 34.1 Å². The summed E-state index contributed by atoms with van der Waals surface area (Å²) in [4.78, 5) is 23.8. The average Bonchev–Trinajstić information content (AvgIpc) is 2.55. The fraction of sp³-hybridized carbons (Fsp3) is 0.176. The number of nitrogens with one attached hydrogen (secondary N) is 1. The molecule has 0 aromatic heterocycles. The highest BCUT2D eigenvalue weighted by atomic mass is 79.9. The van der Waals surface area contributed by atoms with E-state index in [0.717, 1.165) is 34.3 Å². The smallest absolute Gasteiger partial charge is 0.368 e. The number of nitrogens with two attached hydrogens (primary N) is 1. The van der Waals surface area contributed by atoms with Crippen LogP contribution in [0.15, 0.2) is 53.0 Å². The molecule has 2 aromatic rings. The molecule has 0 saturated heterocycles. The van der Waals surface area contributed by atoms with E-state index in [1.54, 1.807) is 24.3 Å². The van der Waals surface area contributed by atoms with Crippen LogP contribution in [0.2, 0.25) is 0 Å². The molecule has 8 heteroatoms. The fourth-order valence-electron chi connectivity index (χ4n) is 2.16. The topological polar surface area (TPSA) is 72.2 Å². The molecule has 0 bridgehead atoms. The van der Waals surface area contributed by atoms with E-state index in [4.69, 9.17) is 5.73 Å². The predicted octanol–water partition coefficient (Wildman–Crippen LogP) is 3.29. The zero-order valence-corrected chi connectivity index (χ0v) is 14.4. The van der Waals surface area contributed by atoms with Gasteiger partial charge in [0.25, 0.3) is 5.91 Å². The Hall–Kier alpha value is -2.35. The monoisotopic (exact) mass is 414 g/mol. The first-order chi connectivity index (χ1) is 11.7. The summed E-state index contributed by atoms with van der Waals surface area (Å²) in [5, 5.41) is 2.45. The van der Waals surface area contributed by atoms with Crippen LogP contribution in [-0.4, -0.2) is 17.9 Å². The van der Waals surface area contributed by atoms with Gasteiger partial charge < -0.3 is 11.1 Å². The third kappa shape index (κ3) is 5.06. The summed E-state index contributed by atoms with van der Waals surface area (Å²) in [5.74, 6) is -1.42. The van der Waals surface area contributed by atoms with Crippen LogP contribution < -0.4 is 11.1 Å². The second-order valence-electron chi connectivity index (χ2n) is 5.30. The van der Waals surface area contributed by atoms with E-state index in [0.29, 0.717) is 0 Å². The minimum atomic E-state index is -4.48. The quantitative estimate of drug-likeness (QED) is 0.787. The van der Waals surface area contributed by atoms with Crippen LogP contribution in [0, 0.1) is 0 Å². The molecule has 2 rings (SSSR count). The number of hydrogen-bond donors (Lipinski definition) is 2. The van der Waals surface area contributed by atoms with Crippen molar-refractivity contribution in [2.24, 2.45) is 5.73 Å². The third-order valence-corrected chi connectivity index (χ3v) is 4.28. The zero-order valence-electron chi connectivity index (χ0n) is 12.8. The number of carbonyl (C=O) groups is 2. The Morgan fingerprint density at radius 2 is 1.68 bits per heavy atom. The number of halogens is 4. The Morgan fingerprint density at radius 3 is 2.20 bits per heavy atom. The van der Waals surface area contributed by atoms with Gasteiger partial charge in [0, 0.05) is 16.5 Å². The minimum Gasteiger partial charge on any atom is -0.368 e. The molecule has 3 N–H and O–H groups in total. The van der Waals surface area contributed by atoms with Crippen LogP contribution in [0.3, 0.4) is 0 Å². The molecule has 2 aromatic carbocycles. The van der Waals surface area contributed by atoms with Crippen LogP contribution in [0.5, 0.6) is 0 Å². The molecule has 2 amide bonds. The molecule has 0 aliphatic rings. The first-order valence-electron chi connectivity index (χ1n) is 7.19. The van der Waals surface area contributed by atoms with Crippen molar-refractivity contribution in [3.05, 3.63) is 69.7 Å². The Kier molecular flexibility index (Phi) is 5.84. The summed E-state index contributed by atoms with van der Waals surface area (Å²) < 4.78 is 38.4. The van der Waals surface area contributed by atoms with Gasteiger partial charge in [-0.15, -0.1) is 0 Å². The lowest BCUT2D eigenvalue weighted by molar-refractivity contribution is -0.137. The molecule has 0 aliphatic carbocycles. The van der Waals surface area contributed by atoms with E-state index >= 15 is 0 Å². The van der Waals surface area contributed by atoms with E-state index in [1.165, 1.54) is 0 Å². The largest absolute Gasteiger partial charge is 0.416 e. The molecule has 0 fully saturated rings. The van der Waals surface area contributed by atoms with E-state index in [-0.39, 0.29) is 12.0 Å². The summed E-state index contributed by atoms with van der Waals surface area (Å²) in [6.45, 7) is 0. The molecule has 132 valence electrons. The lowest BCUT2D eigenvalue weighted by atomic mass is 10.0. The van der Waals surface area contributed by atoms with Crippen molar-refractivity contribution in [2.75, 3.05) is 0 Å². The van der Waals surface area contributed by atoms with Crippen LogP contribution >= 0.6 is 15.9 Å². The molecule has 0 radical (unpaired) electrons. The normalized spacial score (nSPS) is 12.5. The second-order valence-corrected chi connectivity index (χ2v) is 6.15. The van der Waals surface area contributed by atoms with Gasteiger partial charge in [-0.3, -0.25) is 9.59 Å². The lowest BCUT2D eigenvalue weighted by Gasteiger charge is -2.16. The Morgan fingerprint density at radius 1 is 1.08 bits per heavy atom. The summed E-state index contributed by atoms with van der Waals surface area (Å²) in [6, 6.07) is 9.85. The van der Waals surface area contributed by atoms with Crippen molar-refractivity contribution in [3.8, 4) is 0 Å². The predicted molar refractivity (Wildman–Crippen MR) is 89.7 cm³/mol. The molecule has 1 atom stereocenters. The number of amides is 2. The van der Waals surface area contributed by atoms with Gasteiger partial charge >= 0.3 is 6.18 Å². The maximum atomic E-state index is 12.6. The van der Waals surface area contributed by atoms with Crippen molar-refractivity contribution in [2.45, 2.75) is 18.6 Å². The number of alkyl halides is 3. The van der Waals surface area contributed by atoms with Crippen molar-refractivity contribution in [3.63, 3.8) is 0 Å². The van der Waals surface area contributed by atoms with Crippen molar-refractivity contribution >= 4 is 27.7 Å². The van der Waals surface area contributed by atoms with Gasteiger partial charge in [-0.2, -0.15) is 13.2 Å². The Balaban J connectivity index is 2.13. The van der Waals surface area contributed by atoms with E-state index < -0.39 is 29.6 Å². The maximum Gasteiger partial charge on any atom is 0.416 e. The van der Waals surface area contributed by atoms with Crippen LogP contribution in [0.4, 0.5) is 13.2 Å². The lowest BCUT2D eigenvalue weighted by Crippen LogP contribution is -2.45. The molecule has 25 heavy (non-hydrogen) atoms. The highest BCUT2D eigenvalue weighted by molar-refractivity contribution is 9.10. The molecular weight excluding hydrogens is 401 g/mol. The second kappa shape index (κ2) is 7.69. The summed E-state index contributed by atoms with van der Waals surface area (Å²) >= 11 is 3.34. The van der Waals surface area contributed by atoms with Crippen molar-refractivity contribution < 1.29 is 22.8 Å². The van der Waals surface area contributed by atoms with E-state index in [9.17, 15) is 22.8 Å². The molecular formula is C17H14BrF3N2O2. The van der Waals surface area contributed by atoms with Crippen molar-refractivity contribution in [1.82, 2.24) is 5.32 Å². The van der Waals surface area contributed by atoms with E-state index in [1.807, 2.05) is 0 Å². The first kappa shape index (κ1) is 19.0. The molecule has 0 heterocycles. The Labute approximate surface area is 150 Å². The Bertz CT molecular complexity index is 776. The average molecular weight is 415 g/mol. The summed E-state index contributed by atoms with van der Waals surface area (Å²) in [5.41, 5.74) is 5.24. The first-order valence-corrected chi connectivity index (χ1v) is 7.98. The van der Waals surface area contributed by atoms with Gasteiger partial charge in [0.2, 0.25) is 5.91 Å². The highest BCUT2D eigenvalue weighted by Gasteiger charge is 2.30. The molecule has 0 aliphatic heterocycles. The van der Waals surface area contributed by atoms with Gasteiger partial charge in [-0.25, -0.2) is 0 Å². The van der Waals surface area contributed by atoms with Gasteiger partial charge in [0.15, 0.2) is 0 Å². The summed E-state index contributed by atoms with van der Waals surface area (Å²) in [6.07, 6.45) is -4.33. The molecule has 0 saturated carbocycles. The zero-order chi connectivity index (χ0) is 18.6. The summed E-state index contributed by atoms with van der Waals surface area (Å²) in [7, 11) is 0. The fourth-order valence-corrected chi connectivity index (χ4v) is 2.61. The maximum absolute atomic E-state index is 12.6. The standard InChI is InChI=1S/C17H14BrF3N2O2/c18-13-4-2-1-3-11(13)9-14(15(22)24)23-16(25)10-5-7-12(8-6-10)17(19,20)21/h1-8,14H,9H2,(H2,22,24)(H,23,25)/t14-/m0/s1. The van der Waals surface area contributed by atoms with Crippen LogP contribution in [0.25, 0.3) is 0 Å². The number of carbonyl (C=O) groups excluding carboxylic acids is 2. The number of hydrogen-bond acceptors (Lipinski definition) is 2. The number of rotatable bonds is 5. The molecule has 0 spiro atoms. The minimum absolute atomic E-state index is 0.00590. The number of benzene rings is 2. The highest BCUT2D eigenvalue weighted by Crippen LogP contribution is 2.29. The third-order valence-electron chi connectivity index (χ3n) is 3.51. The SMILES string of the molecule is NC(=O)[C@H](Cc1ccccc1Br)NC(=O)c1ccc(C(F)(F)F)cc1. The molecule has 0 unspecified atom stereocenters. The van der Waals surface area contributed by atoms with Crippen LogP contribution in [0.1, 0.15) is 21.5 Å². The van der Waals surface area contributed by atoms with Gasteiger partial charge in [-0.05, 0) is 35.9 Å². The van der Waals surface area contributed by atoms with Gasteiger partial charge in [0.05, 0.1) is 5.56 Å². The van der Waals surface area contributed by atoms with E-state index in [2.05, 4.69) is 21.2 Å². The van der Waals surface area contributed by atoms with Crippen LogP contribution in [-0.2, 0) is 17.4 Å². The van der Waals surface area contributed by atoms with Crippen molar-refractivity contribution in [1.29, 1.82) is 0 Å². The number of primary amides is 1. The van der Waals surface area contributed by atoms with Gasteiger partial charge in [0.1, 0.15) is 6.04 Å². The molecule has 4 nitrogen and oxygen atoms in total.